The van der Waals surface area contributed by atoms with Crippen LogP contribution in [0.15, 0.2) is 30.5 Å². The molecule has 14 heavy (non-hydrogen) atoms. The van der Waals surface area contributed by atoms with Crippen LogP contribution in [-0.2, 0) is 13.1 Å². The molecule has 0 unspecified atom stereocenters. The van der Waals surface area contributed by atoms with Crippen molar-refractivity contribution in [2.45, 2.75) is 13.1 Å². The maximum Gasteiger partial charge on any atom is 0.107 e. The highest BCUT2D eigenvalue weighted by molar-refractivity contribution is 5.83. The van der Waals surface area contributed by atoms with Crippen LogP contribution in [-0.4, -0.2) is 11.2 Å². The van der Waals surface area contributed by atoms with Crippen LogP contribution in [0, 0.1) is 0 Å². The second-order valence-corrected chi connectivity index (χ2v) is 3.25. The average Bonchev–Trinajstić information content (AvgIpc) is 2.62. The third-order valence-corrected chi connectivity index (χ3v) is 2.45. The smallest absolute Gasteiger partial charge is 0.107 e. The molecule has 0 bridgehead atoms. The van der Waals surface area contributed by atoms with E-state index >= 15 is 0 Å². The van der Waals surface area contributed by atoms with Crippen molar-refractivity contribution in [1.82, 2.24) is 4.57 Å². The van der Waals surface area contributed by atoms with Gasteiger partial charge in [0.25, 0.3) is 0 Å². The highest BCUT2D eigenvalue weighted by atomic mass is 19.1. The zero-order chi connectivity index (χ0) is 9.97. The lowest BCUT2D eigenvalue weighted by molar-refractivity contribution is 0.451. The first-order chi connectivity index (χ1) is 6.86. The number of halogens is 1. The van der Waals surface area contributed by atoms with Gasteiger partial charge in [-0.25, -0.2) is 4.39 Å². The molecular weight excluding hydrogens is 179 g/mol. The Morgan fingerprint density at radius 1 is 1.29 bits per heavy atom. The molecule has 0 radical (unpaired) electrons. The molecule has 74 valence electrons. The number of aryl methyl sites for hydroxylation is 1. The molecule has 1 aromatic carbocycles. The molecule has 2 aromatic rings. The van der Waals surface area contributed by atoms with Crippen LogP contribution in [0.1, 0.15) is 5.56 Å². The second-order valence-electron chi connectivity index (χ2n) is 3.25. The third kappa shape index (κ3) is 1.40. The fourth-order valence-corrected chi connectivity index (χ4v) is 1.75. The number of benzene rings is 1. The fourth-order valence-electron chi connectivity index (χ4n) is 1.75. The van der Waals surface area contributed by atoms with E-state index in [0.29, 0.717) is 13.1 Å². The Kier molecular flexibility index (Phi) is 2.50. The number of nitrogens with two attached hydrogens (primary N) is 1. The Morgan fingerprint density at radius 2 is 2.14 bits per heavy atom. The summed E-state index contributed by atoms with van der Waals surface area (Å²) in [7, 11) is 0. The van der Waals surface area contributed by atoms with Gasteiger partial charge in [-0.1, -0.05) is 12.1 Å². The van der Waals surface area contributed by atoms with Gasteiger partial charge in [-0.3, -0.25) is 0 Å². The van der Waals surface area contributed by atoms with Crippen molar-refractivity contribution in [3.63, 3.8) is 0 Å². The maximum atomic E-state index is 12.2. The Labute approximate surface area is 82.1 Å². The number of aromatic nitrogens is 1. The Bertz CT molecular complexity index is 434. The minimum absolute atomic E-state index is 0.337. The number of fused-ring (bicyclic) bond motifs is 1. The van der Waals surface area contributed by atoms with Gasteiger partial charge in [0.15, 0.2) is 0 Å². The minimum Gasteiger partial charge on any atom is -0.345 e. The zero-order valence-electron chi connectivity index (χ0n) is 7.91. The standard InChI is InChI=1S/C11H13FN2/c12-5-7-14-6-4-10-9(8-13)2-1-3-11(10)14/h1-4,6H,5,7-8,13H2. The van der Waals surface area contributed by atoms with Crippen molar-refractivity contribution in [3.05, 3.63) is 36.0 Å². The van der Waals surface area contributed by atoms with Crippen LogP contribution in [0.2, 0.25) is 0 Å². The minimum atomic E-state index is -0.337. The number of hydrogen-bond acceptors (Lipinski definition) is 1. The third-order valence-electron chi connectivity index (χ3n) is 2.45. The first-order valence-corrected chi connectivity index (χ1v) is 4.69. The van der Waals surface area contributed by atoms with Crippen LogP contribution in [0.3, 0.4) is 0 Å². The molecular formula is C11H13FN2. The van der Waals surface area contributed by atoms with Crippen LogP contribution in [0.5, 0.6) is 0 Å². The van der Waals surface area contributed by atoms with E-state index in [9.17, 15) is 4.39 Å². The summed E-state index contributed by atoms with van der Waals surface area (Å²) in [6.45, 7) is 0.602. The number of hydrogen-bond donors (Lipinski definition) is 1. The molecule has 1 heterocycles. The van der Waals surface area contributed by atoms with Crippen molar-refractivity contribution in [2.24, 2.45) is 5.73 Å². The van der Waals surface area contributed by atoms with E-state index in [2.05, 4.69) is 0 Å². The predicted octanol–water partition coefficient (Wildman–Crippen LogP) is 2.07. The van der Waals surface area contributed by atoms with E-state index in [-0.39, 0.29) is 6.67 Å². The molecule has 0 amide bonds. The summed E-state index contributed by atoms with van der Waals surface area (Å²) >= 11 is 0. The van der Waals surface area contributed by atoms with Crippen molar-refractivity contribution in [2.75, 3.05) is 6.67 Å². The lowest BCUT2D eigenvalue weighted by Gasteiger charge is -2.03. The van der Waals surface area contributed by atoms with E-state index < -0.39 is 0 Å². The molecule has 0 saturated carbocycles. The molecule has 0 atom stereocenters. The van der Waals surface area contributed by atoms with Gasteiger partial charge in [-0.15, -0.1) is 0 Å². The summed E-state index contributed by atoms with van der Waals surface area (Å²) in [6.07, 6.45) is 1.91. The van der Waals surface area contributed by atoms with E-state index in [1.807, 2.05) is 35.0 Å². The first-order valence-electron chi connectivity index (χ1n) is 4.69. The molecule has 2 N–H and O–H groups in total. The molecule has 0 fully saturated rings. The van der Waals surface area contributed by atoms with Crippen molar-refractivity contribution < 1.29 is 4.39 Å². The average molecular weight is 192 g/mol. The summed E-state index contributed by atoms with van der Waals surface area (Å²) in [5.41, 5.74) is 7.79. The number of rotatable bonds is 3. The molecule has 0 saturated heterocycles. The summed E-state index contributed by atoms with van der Waals surface area (Å²) in [6, 6.07) is 7.94. The molecule has 3 heteroatoms. The largest absolute Gasteiger partial charge is 0.345 e. The van der Waals surface area contributed by atoms with Gasteiger partial charge >= 0.3 is 0 Å². The van der Waals surface area contributed by atoms with E-state index in [1.54, 1.807) is 0 Å². The van der Waals surface area contributed by atoms with Gasteiger partial charge in [0.1, 0.15) is 6.67 Å². The monoisotopic (exact) mass is 192 g/mol. The molecule has 1 aromatic heterocycles. The zero-order valence-corrected chi connectivity index (χ0v) is 7.91. The quantitative estimate of drug-likeness (QED) is 0.793. The van der Waals surface area contributed by atoms with Crippen LogP contribution in [0.25, 0.3) is 10.9 Å². The summed E-state index contributed by atoms with van der Waals surface area (Å²) < 4.78 is 14.1. The highest BCUT2D eigenvalue weighted by Gasteiger charge is 2.03. The maximum absolute atomic E-state index is 12.2. The number of nitrogens with zero attached hydrogens (tertiary/aromatic N) is 1. The molecule has 0 aliphatic heterocycles. The summed E-state index contributed by atoms with van der Waals surface area (Å²) in [5, 5.41) is 1.13. The molecule has 0 aliphatic rings. The van der Waals surface area contributed by atoms with E-state index in [1.165, 1.54) is 0 Å². The molecule has 2 nitrogen and oxygen atoms in total. The Morgan fingerprint density at radius 3 is 2.86 bits per heavy atom. The van der Waals surface area contributed by atoms with Crippen molar-refractivity contribution in [1.29, 1.82) is 0 Å². The normalized spacial score (nSPS) is 11.0. The Hall–Kier alpha value is -1.35. The van der Waals surface area contributed by atoms with Crippen LogP contribution < -0.4 is 5.73 Å². The lowest BCUT2D eigenvalue weighted by atomic mass is 10.1. The fraction of sp³-hybridized carbons (Fsp3) is 0.273. The molecule has 0 spiro atoms. The Balaban J connectivity index is 2.57. The summed E-state index contributed by atoms with van der Waals surface area (Å²) in [4.78, 5) is 0. The van der Waals surface area contributed by atoms with Crippen molar-refractivity contribution >= 4 is 10.9 Å². The van der Waals surface area contributed by atoms with E-state index in [0.717, 1.165) is 16.5 Å². The topological polar surface area (TPSA) is 30.9 Å². The van der Waals surface area contributed by atoms with Crippen LogP contribution in [0.4, 0.5) is 4.39 Å². The van der Waals surface area contributed by atoms with Gasteiger partial charge in [-0.2, -0.15) is 0 Å². The number of alkyl halides is 1. The summed E-state index contributed by atoms with van der Waals surface area (Å²) in [5.74, 6) is 0. The SMILES string of the molecule is NCc1cccc2c1ccn2CCF. The van der Waals surface area contributed by atoms with Gasteiger partial charge < -0.3 is 10.3 Å². The highest BCUT2D eigenvalue weighted by Crippen LogP contribution is 2.19. The first kappa shape index (κ1) is 9.21. The molecule has 0 aliphatic carbocycles. The second kappa shape index (κ2) is 3.80. The van der Waals surface area contributed by atoms with Gasteiger partial charge in [0, 0.05) is 23.6 Å². The van der Waals surface area contributed by atoms with Gasteiger partial charge in [0.05, 0.1) is 6.54 Å². The van der Waals surface area contributed by atoms with Gasteiger partial charge in [-0.05, 0) is 17.7 Å². The van der Waals surface area contributed by atoms with Gasteiger partial charge in [0.2, 0.25) is 0 Å². The van der Waals surface area contributed by atoms with E-state index in [4.69, 9.17) is 5.73 Å². The predicted molar refractivity (Wildman–Crippen MR) is 55.8 cm³/mol. The molecule has 2 rings (SSSR count). The van der Waals surface area contributed by atoms with Crippen LogP contribution >= 0.6 is 0 Å². The van der Waals surface area contributed by atoms with Crippen molar-refractivity contribution in [3.8, 4) is 0 Å². The lowest BCUT2D eigenvalue weighted by Crippen LogP contribution is -1.99.